The van der Waals surface area contributed by atoms with Gasteiger partial charge in [0.05, 0.1) is 35.3 Å². The van der Waals surface area contributed by atoms with E-state index in [4.69, 9.17) is 9.47 Å². The minimum atomic E-state index is -0.224. The lowest BCUT2D eigenvalue weighted by Crippen LogP contribution is -2.40. The molecule has 1 aromatic rings. The number of hydrogen-bond acceptors (Lipinski definition) is 5. The standard InChI is InChI=1S/C21H21IN2O4/c1-3-28-19-15(22)6-10(7-16(19)27-2)9-23-24-20(25)17-11-4-5-12(14-8-13(11)14)18(17)21(24)26/h4-7,9,11-14,17-18H,3,8H2,1-2H3/b23-9-/t11-,12+,13-,14-,17+,18-/m1/s1. The highest BCUT2D eigenvalue weighted by Gasteiger charge is 2.67. The average Bonchev–Trinajstić information content (AvgIpc) is 3.47. The van der Waals surface area contributed by atoms with Crippen molar-refractivity contribution in [1.82, 2.24) is 5.01 Å². The molecular formula is C21H21IN2O4. The summed E-state index contributed by atoms with van der Waals surface area (Å²) < 4.78 is 11.9. The van der Waals surface area contributed by atoms with Crippen LogP contribution in [0.5, 0.6) is 11.5 Å². The van der Waals surface area contributed by atoms with Crippen molar-refractivity contribution in [3.05, 3.63) is 33.4 Å². The third-order valence-electron chi connectivity index (χ3n) is 6.50. The van der Waals surface area contributed by atoms with Crippen molar-refractivity contribution in [2.45, 2.75) is 13.3 Å². The molecule has 2 bridgehead atoms. The Morgan fingerprint density at radius 1 is 1.18 bits per heavy atom. The second-order valence-corrected chi connectivity index (χ2v) is 9.02. The third-order valence-corrected chi connectivity index (χ3v) is 7.30. The van der Waals surface area contributed by atoms with E-state index >= 15 is 0 Å². The lowest BCUT2D eigenvalue weighted by molar-refractivity contribution is -0.140. The molecule has 0 aromatic heterocycles. The Morgan fingerprint density at radius 2 is 1.82 bits per heavy atom. The molecule has 6 rings (SSSR count). The first-order chi connectivity index (χ1) is 13.5. The van der Waals surface area contributed by atoms with Gasteiger partial charge in [-0.3, -0.25) is 9.59 Å². The van der Waals surface area contributed by atoms with Crippen LogP contribution >= 0.6 is 22.6 Å². The van der Waals surface area contributed by atoms with Crippen LogP contribution in [0.2, 0.25) is 0 Å². The number of hydrazone groups is 1. The van der Waals surface area contributed by atoms with Gasteiger partial charge in [0.1, 0.15) is 0 Å². The maximum absolute atomic E-state index is 13.0. The van der Waals surface area contributed by atoms with Gasteiger partial charge in [0.15, 0.2) is 11.5 Å². The predicted molar refractivity (Wildman–Crippen MR) is 111 cm³/mol. The third kappa shape index (κ3) is 2.54. The second-order valence-electron chi connectivity index (χ2n) is 7.85. The zero-order chi connectivity index (χ0) is 19.6. The Labute approximate surface area is 177 Å². The molecule has 0 spiro atoms. The van der Waals surface area contributed by atoms with E-state index in [1.165, 1.54) is 0 Å². The SMILES string of the molecule is CCOc1c(I)cc(/C=N\N2C(=O)[C@@H]3[C@H]4C=C[C@H]([C@H]5C[C@H]45)[C@@H]3C2=O)cc1OC. The zero-order valence-corrected chi connectivity index (χ0v) is 17.8. The highest BCUT2D eigenvalue weighted by molar-refractivity contribution is 14.1. The number of amides is 2. The van der Waals surface area contributed by atoms with Crippen LogP contribution in [0.4, 0.5) is 0 Å². The molecule has 3 fully saturated rings. The van der Waals surface area contributed by atoms with Crippen LogP contribution in [-0.4, -0.2) is 36.8 Å². The first-order valence-electron chi connectivity index (χ1n) is 9.65. The molecule has 0 unspecified atom stereocenters. The van der Waals surface area contributed by atoms with E-state index in [0.29, 0.717) is 29.9 Å². The predicted octanol–water partition coefficient (Wildman–Crippen LogP) is 3.09. The van der Waals surface area contributed by atoms with Gasteiger partial charge in [-0.05, 0) is 77.3 Å². The summed E-state index contributed by atoms with van der Waals surface area (Å²) in [5.41, 5.74) is 0.754. The number of imide groups is 1. The van der Waals surface area contributed by atoms with Gasteiger partial charge in [-0.25, -0.2) is 0 Å². The molecule has 146 valence electrons. The minimum Gasteiger partial charge on any atom is -0.493 e. The van der Waals surface area contributed by atoms with Crippen molar-refractivity contribution >= 4 is 40.6 Å². The van der Waals surface area contributed by atoms with E-state index in [-0.39, 0.29) is 35.5 Å². The van der Waals surface area contributed by atoms with E-state index < -0.39 is 0 Å². The van der Waals surface area contributed by atoms with E-state index in [0.717, 1.165) is 20.6 Å². The molecule has 6 atom stereocenters. The van der Waals surface area contributed by atoms with Gasteiger partial charge in [0.2, 0.25) is 0 Å². The lowest BCUT2D eigenvalue weighted by Gasteiger charge is -2.37. The molecule has 1 saturated heterocycles. The Hall–Kier alpha value is -1.90. The summed E-state index contributed by atoms with van der Waals surface area (Å²) in [6, 6.07) is 3.70. The van der Waals surface area contributed by atoms with Crippen molar-refractivity contribution in [2.24, 2.45) is 40.6 Å². The van der Waals surface area contributed by atoms with Gasteiger partial charge in [0.25, 0.3) is 11.8 Å². The quantitative estimate of drug-likeness (QED) is 0.274. The summed E-state index contributed by atoms with van der Waals surface area (Å²) in [6.07, 6.45) is 7.04. The summed E-state index contributed by atoms with van der Waals surface area (Å²) >= 11 is 2.18. The molecule has 1 aromatic carbocycles. The Bertz CT molecular complexity index is 891. The fourth-order valence-corrected chi connectivity index (χ4v) is 6.06. The topological polar surface area (TPSA) is 68.2 Å². The van der Waals surface area contributed by atoms with Crippen LogP contribution in [0.1, 0.15) is 18.9 Å². The maximum Gasteiger partial charge on any atom is 0.254 e. The van der Waals surface area contributed by atoms with Gasteiger partial charge in [0, 0.05) is 0 Å². The first kappa shape index (κ1) is 18.1. The van der Waals surface area contributed by atoms with E-state index in [1.54, 1.807) is 19.4 Å². The van der Waals surface area contributed by atoms with Crippen LogP contribution in [0.15, 0.2) is 29.4 Å². The summed E-state index contributed by atoms with van der Waals surface area (Å²) in [6.45, 7) is 2.46. The van der Waals surface area contributed by atoms with Crippen molar-refractivity contribution in [3.63, 3.8) is 0 Å². The molecule has 7 heteroatoms. The molecule has 1 heterocycles. The molecule has 4 aliphatic carbocycles. The molecule has 1 aliphatic heterocycles. The van der Waals surface area contributed by atoms with Gasteiger partial charge >= 0.3 is 0 Å². The van der Waals surface area contributed by atoms with Gasteiger partial charge < -0.3 is 9.47 Å². The van der Waals surface area contributed by atoms with Crippen molar-refractivity contribution in [1.29, 1.82) is 0 Å². The van der Waals surface area contributed by atoms with E-state index in [2.05, 4.69) is 39.8 Å². The van der Waals surface area contributed by atoms with E-state index in [1.807, 2.05) is 13.0 Å². The highest BCUT2D eigenvalue weighted by Crippen LogP contribution is 2.65. The second kappa shape index (κ2) is 6.57. The summed E-state index contributed by atoms with van der Waals surface area (Å²) in [5, 5.41) is 5.39. The summed E-state index contributed by atoms with van der Waals surface area (Å²) in [5.74, 6) is 2.15. The Balaban J connectivity index is 1.41. The zero-order valence-electron chi connectivity index (χ0n) is 15.7. The molecule has 0 radical (unpaired) electrons. The van der Waals surface area contributed by atoms with Crippen LogP contribution < -0.4 is 9.47 Å². The number of ether oxygens (including phenoxy) is 2. The number of methoxy groups -OCH3 is 1. The number of hydrogen-bond donors (Lipinski definition) is 0. The monoisotopic (exact) mass is 492 g/mol. The Morgan fingerprint density at radius 3 is 2.39 bits per heavy atom. The van der Waals surface area contributed by atoms with Gasteiger partial charge in [-0.15, -0.1) is 0 Å². The summed E-state index contributed by atoms with van der Waals surface area (Å²) in [7, 11) is 1.58. The van der Waals surface area contributed by atoms with Crippen LogP contribution in [-0.2, 0) is 9.59 Å². The molecule has 28 heavy (non-hydrogen) atoms. The fourth-order valence-electron chi connectivity index (χ4n) is 5.28. The molecule has 6 nitrogen and oxygen atoms in total. The maximum atomic E-state index is 13.0. The molecular weight excluding hydrogens is 471 g/mol. The Kier molecular flexibility index (Phi) is 4.26. The largest absolute Gasteiger partial charge is 0.493 e. The van der Waals surface area contributed by atoms with Crippen LogP contribution in [0.25, 0.3) is 0 Å². The van der Waals surface area contributed by atoms with Gasteiger partial charge in [-0.1, -0.05) is 12.2 Å². The van der Waals surface area contributed by atoms with E-state index in [9.17, 15) is 9.59 Å². The lowest BCUT2D eigenvalue weighted by atomic mass is 9.63. The van der Waals surface area contributed by atoms with Crippen molar-refractivity contribution in [2.75, 3.05) is 13.7 Å². The van der Waals surface area contributed by atoms with Crippen molar-refractivity contribution < 1.29 is 19.1 Å². The van der Waals surface area contributed by atoms with Crippen LogP contribution in [0, 0.1) is 39.1 Å². The molecule has 2 amide bonds. The van der Waals surface area contributed by atoms with Gasteiger partial charge in [-0.2, -0.15) is 10.1 Å². The number of allylic oxidation sites excluding steroid dienone is 2. The van der Waals surface area contributed by atoms with Crippen LogP contribution in [0.3, 0.4) is 0 Å². The summed E-state index contributed by atoms with van der Waals surface area (Å²) in [4.78, 5) is 25.9. The number of nitrogens with zero attached hydrogens (tertiary/aromatic N) is 2. The minimum absolute atomic E-state index is 0.149. The molecule has 5 aliphatic rings. The highest BCUT2D eigenvalue weighted by atomic mass is 127. The van der Waals surface area contributed by atoms with Crippen molar-refractivity contribution in [3.8, 4) is 11.5 Å². The first-order valence-corrected chi connectivity index (χ1v) is 10.7. The average molecular weight is 492 g/mol. The number of rotatable bonds is 5. The molecule has 0 N–H and O–H groups in total. The number of carbonyl (C=O) groups is 2. The fraction of sp³-hybridized carbons (Fsp3) is 0.476. The smallest absolute Gasteiger partial charge is 0.254 e. The number of halogens is 1. The normalized spacial score (nSPS) is 34.8. The number of carbonyl (C=O) groups excluding carboxylic acids is 2. The number of benzene rings is 1. The molecule has 2 saturated carbocycles.